The number of nitrogens with one attached hydrogen (secondary N) is 1. The molecular weight excluding hydrogens is 222 g/mol. The number of rotatable bonds is 3. The van der Waals surface area contributed by atoms with E-state index in [4.69, 9.17) is 10.5 Å². The van der Waals surface area contributed by atoms with Crippen LogP contribution in [0.5, 0.6) is 5.75 Å². The van der Waals surface area contributed by atoms with E-state index < -0.39 is 11.8 Å². The second kappa shape index (κ2) is 5.64. The Balaban J connectivity index is 2.81. The summed E-state index contributed by atoms with van der Waals surface area (Å²) >= 11 is 0. The molecule has 1 aromatic carbocycles. The fourth-order valence-corrected chi connectivity index (χ4v) is 1.10. The van der Waals surface area contributed by atoms with Gasteiger partial charge in [-0.25, -0.2) is 5.43 Å². The number of amides is 2. The number of methoxy groups -OCH3 is 1. The molecule has 3 N–H and O–H groups in total. The average Bonchev–Trinajstić information content (AvgIpc) is 2.35. The molecule has 0 unspecified atom stereocenters. The Morgan fingerprint density at radius 3 is 2.71 bits per heavy atom. The number of hydrogen-bond acceptors (Lipinski definition) is 4. The molecule has 0 bridgehead atoms. The van der Waals surface area contributed by atoms with Crippen LogP contribution in [-0.2, 0) is 9.59 Å². The summed E-state index contributed by atoms with van der Waals surface area (Å²) in [5.41, 5.74) is 8.13. The van der Waals surface area contributed by atoms with E-state index in [1.54, 1.807) is 38.3 Å². The van der Waals surface area contributed by atoms with Gasteiger partial charge in [-0.2, -0.15) is 5.10 Å². The normalized spacial score (nSPS) is 10.8. The van der Waals surface area contributed by atoms with Gasteiger partial charge in [0.1, 0.15) is 5.75 Å². The maximum absolute atomic E-state index is 10.9. The minimum atomic E-state index is -1.08. The van der Waals surface area contributed by atoms with Gasteiger partial charge in [-0.05, 0) is 19.1 Å². The van der Waals surface area contributed by atoms with Crippen LogP contribution in [0.4, 0.5) is 0 Å². The number of hydrazone groups is 1. The Labute approximate surface area is 98.4 Å². The Morgan fingerprint density at radius 1 is 1.41 bits per heavy atom. The first kappa shape index (κ1) is 12.7. The summed E-state index contributed by atoms with van der Waals surface area (Å²) in [6.45, 7) is 1.69. The summed E-state index contributed by atoms with van der Waals surface area (Å²) in [5, 5.41) is 3.75. The van der Waals surface area contributed by atoms with Crippen molar-refractivity contribution in [3.8, 4) is 5.75 Å². The maximum atomic E-state index is 10.9. The first-order valence-electron chi connectivity index (χ1n) is 4.83. The molecule has 1 aromatic rings. The molecule has 6 nitrogen and oxygen atoms in total. The molecule has 0 spiro atoms. The Bertz CT molecular complexity index is 469. The molecule has 6 heteroatoms. The van der Waals surface area contributed by atoms with Crippen molar-refractivity contribution >= 4 is 17.5 Å². The van der Waals surface area contributed by atoms with Crippen molar-refractivity contribution < 1.29 is 14.3 Å². The van der Waals surface area contributed by atoms with Crippen LogP contribution < -0.4 is 15.9 Å². The number of benzene rings is 1. The lowest BCUT2D eigenvalue weighted by atomic mass is 10.1. The molecule has 0 saturated heterocycles. The van der Waals surface area contributed by atoms with E-state index in [-0.39, 0.29) is 0 Å². The van der Waals surface area contributed by atoms with Gasteiger partial charge in [-0.15, -0.1) is 0 Å². The number of ether oxygens (including phenoxy) is 1. The van der Waals surface area contributed by atoms with Gasteiger partial charge in [0.25, 0.3) is 0 Å². The highest BCUT2D eigenvalue weighted by Gasteiger charge is 2.07. The molecule has 0 aliphatic carbocycles. The van der Waals surface area contributed by atoms with E-state index in [0.29, 0.717) is 11.5 Å². The smallest absolute Gasteiger partial charge is 0.329 e. The molecule has 2 amide bonds. The molecule has 17 heavy (non-hydrogen) atoms. The zero-order valence-electron chi connectivity index (χ0n) is 9.56. The monoisotopic (exact) mass is 235 g/mol. The first-order chi connectivity index (χ1) is 8.04. The molecule has 0 heterocycles. The Morgan fingerprint density at radius 2 is 2.12 bits per heavy atom. The highest BCUT2D eigenvalue weighted by atomic mass is 16.5. The number of nitrogens with zero attached hydrogens (tertiary/aromatic N) is 1. The van der Waals surface area contributed by atoms with E-state index >= 15 is 0 Å². The lowest BCUT2D eigenvalue weighted by molar-refractivity contribution is -0.137. The quantitative estimate of drug-likeness (QED) is 0.439. The molecule has 0 radical (unpaired) electrons. The second-order valence-corrected chi connectivity index (χ2v) is 3.23. The van der Waals surface area contributed by atoms with Crippen molar-refractivity contribution in [1.29, 1.82) is 0 Å². The third-order valence-corrected chi connectivity index (χ3v) is 2.04. The van der Waals surface area contributed by atoms with Gasteiger partial charge in [0.15, 0.2) is 0 Å². The summed E-state index contributed by atoms with van der Waals surface area (Å²) in [6.07, 6.45) is 0. The molecule has 90 valence electrons. The van der Waals surface area contributed by atoms with Crippen LogP contribution in [0, 0.1) is 0 Å². The molecular formula is C11H13N3O3. The minimum absolute atomic E-state index is 0.540. The fourth-order valence-electron chi connectivity index (χ4n) is 1.10. The van der Waals surface area contributed by atoms with Crippen LogP contribution in [0.2, 0.25) is 0 Å². The fraction of sp³-hybridized carbons (Fsp3) is 0.182. The third-order valence-electron chi connectivity index (χ3n) is 2.04. The number of nitrogens with two attached hydrogens (primary N) is 1. The number of carbonyl (C=O) groups excluding carboxylic acids is 2. The summed E-state index contributed by atoms with van der Waals surface area (Å²) in [7, 11) is 1.56. The van der Waals surface area contributed by atoms with Crippen LogP contribution in [0.1, 0.15) is 12.5 Å². The molecule has 0 atom stereocenters. The average molecular weight is 235 g/mol. The molecule has 1 rings (SSSR count). The Hall–Kier alpha value is -2.37. The number of primary amides is 1. The van der Waals surface area contributed by atoms with Crippen LogP contribution in [0.15, 0.2) is 29.4 Å². The van der Waals surface area contributed by atoms with Crippen molar-refractivity contribution in [2.24, 2.45) is 10.8 Å². The van der Waals surface area contributed by atoms with Gasteiger partial charge in [0.05, 0.1) is 12.8 Å². The van der Waals surface area contributed by atoms with Gasteiger partial charge < -0.3 is 10.5 Å². The second-order valence-electron chi connectivity index (χ2n) is 3.23. The predicted octanol–water partition coefficient (Wildman–Crippen LogP) is 0.0207. The molecule has 0 aromatic heterocycles. The van der Waals surface area contributed by atoms with E-state index in [0.717, 1.165) is 5.56 Å². The third kappa shape index (κ3) is 3.60. The lowest BCUT2D eigenvalue weighted by Gasteiger charge is -2.04. The summed E-state index contributed by atoms with van der Waals surface area (Å²) in [6, 6.07) is 7.15. The van der Waals surface area contributed by atoms with Gasteiger partial charge in [-0.1, -0.05) is 12.1 Å². The van der Waals surface area contributed by atoms with Crippen LogP contribution >= 0.6 is 0 Å². The zero-order chi connectivity index (χ0) is 12.8. The summed E-state index contributed by atoms with van der Waals surface area (Å²) in [5.74, 6) is -1.35. The van der Waals surface area contributed by atoms with E-state index in [9.17, 15) is 9.59 Å². The van der Waals surface area contributed by atoms with Crippen LogP contribution in [0.3, 0.4) is 0 Å². The number of carbonyl (C=O) groups is 2. The zero-order valence-corrected chi connectivity index (χ0v) is 9.56. The molecule has 0 saturated carbocycles. The largest absolute Gasteiger partial charge is 0.497 e. The Kier molecular flexibility index (Phi) is 4.21. The van der Waals surface area contributed by atoms with E-state index in [1.165, 1.54) is 0 Å². The lowest BCUT2D eigenvalue weighted by Crippen LogP contribution is -2.33. The van der Waals surface area contributed by atoms with Gasteiger partial charge >= 0.3 is 11.8 Å². The topological polar surface area (TPSA) is 93.8 Å². The summed E-state index contributed by atoms with van der Waals surface area (Å²) in [4.78, 5) is 21.4. The molecule has 0 fully saturated rings. The summed E-state index contributed by atoms with van der Waals surface area (Å²) < 4.78 is 5.05. The van der Waals surface area contributed by atoms with E-state index in [2.05, 4.69) is 10.5 Å². The van der Waals surface area contributed by atoms with Crippen molar-refractivity contribution in [3.05, 3.63) is 29.8 Å². The van der Waals surface area contributed by atoms with E-state index in [1.807, 2.05) is 0 Å². The maximum Gasteiger partial charge on any atom is 0.329 e. The highest BCUT2D eigenvalue weighted by molar-refractivity contribution is 6.34. The van der Waals surface area contributed by atoms with Crippen molar-refractivity contribution in [2.45, 2.75) is 6.92 Å². The molecule has 0 aliphatic heterocycles. The number of hydrogen-bond donors (Lipinski definition) is 2. The standard InChI is InChI=1S/C11H13N3O3/c1-7(13-14-11(16)10(12)15)8-4-3-5-9(6-8)17-2/h3-6H,1-2H3,(H2,12,15)(H,14,16)/b13-7+. The highest BCUT2D eigenvalue weighted by Crippen LogP contribution is 2.12. The van der Waals surface area contributed by atoms with Gasteiger partial charge in [0, 0.05) is 5.56 Å². The first-order valence-corrected chi connectivity index (χ1v) is 4.83. The van der Waals surface area contributed by atoms with Gasteiger partial charge in [-0.3, -0.25) is 9.59 Å². The van der Waals surface area contributed by atoms with Crippen LogP contribution in [-0.4, -0.2) is 24.6 Å². The predicted molar refractivity (Wildman–Crippen MR) is 62.5 cm³/mol. The minimum Gasteiger partial charge on any atom is -0.497 e. The van der Waals surface area contributed by atoms with Crippen molar-refractivity contribution in [3.63, 3.8) is 0 Å². The van der Waals surface area contributed by atoms with Crippen LogP contribution in [0.25, 0.3) is 0 Å². The van der Waals surface area contributed by atoms with Gasteiger partial charge in [0.2, 0.25) is 0 Å². The van der Waals surface area contributed by atoms with Crippen molar-refractivity contribution in [2.75, 3.05) is 7.11 Å². The van der Waals surface area contributed by atoms with Crippen molar-refractivity contribution in [1.82, 2.24) is 5.43 Å². The SMILES string of the molecule is COc1cccc(/C(C)=N/NC(=O)C(N)=O)c1. The molecule has 0 aliphatic rings.